The number of benzene rings is 1. The summed E-state index contributed by atoms with van der Waals surface area (Å²) < 4.78 is 5.50. The van der Waals surface area contributed by atoms with Crippen LogP contribution in [0.15, 0.2) is 24.3 Å². The molecule has 0 aromatic heterocycles. The molecule has 1 aromatic carbocycles. The van der Waals surface area contributed by atoms with Crippen LogP contribution in [0.5, 0.6) is 5.75 Å². The van der Waals surface area contributed by atoms with E-state index in [1.165, 1.54) is 5.56 Å². The van der Waals surface area contributed by atoms with Gasteiger partial charge in [0.25, 0.3) is 0 Å². The SMILES string of the molecule is CC.SC1CCc2ccccc2O1. The van der Waals surface area contributed by atoms with E-state index in [9.17, 15) is 0 Å². The lowest BCUT2D eigenvalue weighted by atomic mass is 10.1. The van der Waals surface area contributed by atoms with E-state index in [0.717, 1.165) is 18.6 Å². The lowest BCUT2D eigenvalue weighted by Gasteiger charge is -2.21. The van der Waals surface area contributed by atoms with Crippen LogP contribution in [0.25, 0.3) is 0 Å². The standard InChI is InChI=1S/C9H10OS.C2H6/c11-9-6-5-7-3-1-2-4-8(7)10-9;1-2/h1-4,9,11H,5-6H2;1-2H3. The van der Waals surface area contributed by atoms with E-state index < -0.39 is 0 Å². The molecule has 0 radical (unpaired) electrons. The van der Waals surface area contributed by atoms with E-state index in [2.05, 4.69) is 18.7 Å². The average Bonchev–Trinajstić information content (AvgIpc) is 2.21. The maximum Gasteiger partial charge on any atom is 0.142 e. The van der Waals surface area contributed by atoms with E-state index in [-0.39, 0.29) is 5.44 Å². The van der Waals surface area contributed by atoms with Gasteiger partial charge in [0.05, 0.1) is 0 Å². The molecule has 1 nitrogen and oxygen atoms in total. The minimum atomic E-state index is 0.0879. The van der Waals surface area contributed by atoms with Gasteiger partial charge in [-0.15, -0.1) is 12.6 Å². The highest BCUT2D eigenvalue weighted by Gasteiger charge is 2.14. The van der Waals surface area contributed by atoms with Crippen molar-refractivity contribution in [3.63, 3.8) is 0 Å². The molecule has 13 heavy (non-hydrogen) atoms. The zero-order chi connectivity index (χ0) is 9.68. The zero-order valence-corrected chi connectivity index (χ0v) is 9.05. The van der Waals surface area contributed by atoms with E-state index in [1.54, 1.807) is 0 Å². The Morgan fingerprint density at radius 2 is 2.00 bits per heavy atom. The number of hydrogen-bond acceptors (Lipinski definition) is 2. The maximum atomic E-state index is 5.50. The first-order valence-electron chi connectivity index (χ1n) is 4.79. The molecule has 0 saturated carbocycles. The van der Waals surface area contributed by atoms with Gasteiger partial charge in [0.2, 0.25) is 0 Å². The van der Waals surface area contributed by atoms with Crippen molar-refractivity contribution in [3.05, 3.63) is 29.8 Å². The summed E-state index contributed by atoms with van der Waals surface area (Å²) in [7, 11) is 0. The van der Waals surface area contributed by atoms with Crippen LogP contribution in [-0.4, -0.2) is 5.44 Å². The number of para-hydroxylation sites is 1. The Hall–Kier alpha value is -0.630. The second-order valence-corrected chi connectivity index (χ2v) is 3.29. The van der Waals surface area contributed by atoms with E-state index in [4.69, 9.17) is 4.74 Å². The molecule has 0 fully saturated rings. The fourth-order valence-electron chi connectivity index (χ4n) is 1.31. The predicted molar refractivity (Wildman–Crippen MR) is 59.5 cm³/mol. The topological polar surface area (TPSA) is 9.23 Å². The van der Waals surface area contributed by atoms with Crippen LogP contribution >= 0.6 is 12.6 Å². The molecule has 2 rings (SSSR count). The lowest BCUT2D eigenvalue weighted by Crippen LogP contribution is -2.16. The quantitative estimate of drug-likeness (QED) is 0.626. The predicted octanol–water partition coefficient (Wildman–Crippen LogP) is 3.29. The number of thiol groups is 1. The molecule has 1 aliphatic heterocycles. The fourth-order valence-corrected chi connectivity index (χ4v) is 1.55. The first-order valence-corrected chi connectivity index (χ1v) is 5.30. The van der Waals surface area contributed by atoms with Gasteiger partial charge in [-0.2, -0.15) is 0 Å². The number of fused-ring (bicyclic) bond motifs is 1. The molecule has 72 valence electrons. The summed E-state index contributed by atoms with van der Waals surface area (Å²) in [5, 5.41) is 0. The molecule has 0 aliphatic carbocycles. The first kappa shape index (κ1) is 10.5. The molecule has 1 aliphatic rings. The van der Waals surface area contributed by atoms with Crippen molar-refractivity contribution < 1.29 is 4.74 Å². The highest BCUT2D eigenvalue weighted by Crippen LogP contribution is 2.27. The summed E-state index contributed by atoms with van der Waals surface area (Å²) >= 11 is 4.26. The number of hydrogen-bond donors (Lipinski definition) is 1. The van der Waals surface area contributed by atoms with Gasteiger partial charge in [0, 0.05) is 0 Å². The third kappa shape index (κ3) is 2.66. The molecule has 1 unspecified atom stereocenters. The summed E-state index contributed by atoms with van der Waals surface area (Å²) in [5.74, 6) is 0.999. The number of rotatable bonds is 0. The minimum Gasteiger partial charge on any atom is -0.480 e. The fraction of sp³-hybridized carbons (Fsp3) is 0.455. The van der Waals surface area contributed by atoms with Crippen LogP contribution in [-0.2, 0) is 6.42 Å². The van der Waals surface area contributed by atoms with Crippen molar-refractivity contribution in [1.82, 2.24) is 0 Å². The van der Waals surface area contributed by atoms with E-state index in [0.29, 0.717) is 0 Å². The Balaban J connectivity index is 0.000000396. The summed E-state index contributed by atoms with van der Waals surface area (Å²) in [6, 6.07) is 8.14. The Bertz CT molecular complexity index is 260. The molecule has 0 saturated heterocycles. The van der Waals surface area contributed by atoms with Crippen LogP contribution in [0.2, 0.25) is 0 Å². The normalized spacial score (nSPS) is 19.2. The molecule has 1 aromatic rings. The average molecular weight is 196 g/mol. The van der Waals surface area contributed by atoms with Crippen molar-refractivity contribution >= 4 is 12.6 Å². The van der Waals surface area contributed by atoms with E-state index >= 15 is 0 Å². The van der Waals surface area contributed by atoms with Crippen molar-refractivity contribution in [2.24, 2.45) is 0 Å². The molecule has 1 atom stereocenters. The van der Waals surface area contributed by atoms with Crippen molar-refractivity contribution in [3.8, 4) is 5.75 Å². The molecule has 0 spiro atoms. The summed E-state index contributed by atoms with van der Waals surface area (Å²) in [5.41, 5.74) is 1.39. The van der Waals surface area contributed by atoms with Gasteiger partial charge in [-0.3, -0.25) is 0 Å². The van der Waals surface area contributed by atoms with Gasteiger partial charge in [-0.1, -0.05) is 32.0 Å². The molecule has 0 bridgehead atoms. The lowest BCUT2D eigenvalue weighted by molar-refractivity contribution is 0.258. The Morgan fingerprint density at radius 1 is 1.31 bits per heavy atom. The Labute approximate surface area is 85.5 Å². The summed E-state index contributed by atoms with van der Waals surface area (Å²) in [6.07, 6.45) is 2.10. The van der Waals surface area contributed by atoms with Crippen molar-refractivity contribution in [2.75, 3.05) is 0 Å². The van der Waals surface area contributed by atoms with Gasteiger partial charge >= 0.3 is 0 Å². The number of ether oxygens (including phenoxy) is 1. The molecule has 0 N–H and O–H groups in total. The van der Waals surface area contributed by atoms with E-state index in [1.807, 2.05) is 32.0 Å². The molecular formula is C11H16OS. The molecule has 2 heteroatoms. The van der Waals surface area contributed by atoms with Crippen LogP contribution < -0.4 is 4.74 Å². The second-order valence-electron chi connectivity index (χ2n) is 2.72. The third-order valence-electron chi connectivity index (χ3n) is 1.90. The molecule has 0 amide bonds. The monoisotopic (exact) mass is 196 g/mol. The maximum absolute atomic E-state index is 5.50. The Morgan fingerprint density at radius 3 is 2.77 bits per heavy atom. The Kier molecular flexibility index (Phi) is 4.16. The highest BCUT2D eigenvalue weighted by atomic mass is 32.1. The number of aryl methyl sites for hydroxylation is 1. The second kappa shape index (κ2) is 5.18. The van der Waals surface area contributed by atoms with Gasteiger partial charge in [0.15, 0.2) is 0 Å². The summed E-state index contributed by atoms with van der Waals surface area (Å²) in [4.78, 5) is 0. The van der Waals surface area contributed by atoms with Crippen LogP contribution in [0, 0.1) is 0 Å². The summed E-state index contributed by atoms with van der Waals surface area (Å²) in [6.45, 7) is 4.00. The minimum absolute atomic E-state index is 0.0879. The van der Waals surface area contributed by atoms with Gasteiger partial charge in [-0.25, -0.2) is 0 Å². The van der Waals surface area contributed by atoms with Gasteiger partial charge in [-0.05, 0) is 24.5 Å². The first-order chi connectivity index (χ1) is 6.36. The van der Waals surface area contributed by atoms with Gasteiger partial charge < -0.3 is 4.74 Å². The molecule has 1 heterocycles. The van der Waals surface area contributed by atoms with Crippen molar-refractivity contribution in [2.45, 2.75) is 32.1 Å². The van der Waals surface area contributed by atoms with Crippen LogP contribution in [0.1, 0.15) is 25.8 Å². The highest BCUT2D eigenvalue weighted by molar-refractivity contribution is 7.80. The van der Waals surface area contributed by atoms with Gasteiger partial charge in [0.1, 0.15) is 11.2 Å². The smallest absolute Gasteiger partial charge is 0.142 e. The van der Waals surface area contributed by atoms with Crippen LogP contribution in [0.4, 0.5) is 0 Å². The third-order valence-corrected chi connectivity index (χ3v) is 2.26. The largest absolute Gasteiger partial charge is 0.480 e. The molecular weight excluding hydrogens is 180 g/mol. The van der Waals surface area contributed by atoms with Crippen LogP contribution in [0.3, 0.4) is 0 Å². The zero-order valence-electron chi connectivity index (χ0n) is 8.16. The van der Waals surface area contributed by atoms with Crippen molar-refractivity contribution in [1.29, 1.82) is 0 Å².